The van der Waals surface area contributed by atoms with E-state index in [0.29, 0.717) is 11.8 Å². The zero-order chi connectivity index (χ0) is 11.9. The molecule has 0 aromatic carbocycles. The molecule has 3 rings (SSSR count). The summed E-state index contributed by atoms with van der Waals surface area (Å²) in [5.74, 6) is 1.26. The maximum Gasteiger partial charge on any atom is 0.0941 e. The van der Waals surface area contributed by atoms with Crippen LogP contribution in [0.4, 0.5) is 0 Å². The van der Waals surface area contributed by atoms with Crippen LogP contribution in [0.5, 0.6) is 0 Å². The Morgan fingerprint density at radius 2 is 1.65 bits per heavy atom. The van der Waals surface area contributed by atoms with Gasteiger partial charge in [-0.15, -0.1) is 0 Å². The number of aliphatic hydroxyl groups is 1. The molecular weight excluding hydrogens is 210 g/mol. The molecule has 4 atom stereocenters. The van der Waals surface area contributed by atoms with Gasteiger partial charge in [0, 0.05) is 12.3 Å². The Morgan fingerprint density at radius 3 is 2.41 bits per heavy atom. The van der Waals surface area contributed by atoms with Crippen molar-refractivity contribution in [2.75, 3.05) is 20.1 Å². The molecule has 1 N–H and O–H groups in total. The Kier molecular flexibility index (Phi) is 3.20. The lowest BCUT2D eigenvalue weighted by Crippen LogP contribution is -2.62. The fourth-order valence-electron chi connectivity index (χ4n) is 4.98. The van der Waals surface area contributed by atoms with Gasteiger partial charge in [-0.25, -0.2) is 0 Å². The molecule has 2 bridgehead atoms. The highest BCUT2D eigenvalue weighted by Crippen LogP contribution is 2.44. The van der Waals surface area contributed by atoms with Crippen LogP contribution in [-0.4, -0.2) is 41.9 Å². The third-order valence-corrected chi connectivity index (χ3v) is 6.00. The second-order valence-electron chi connectivity index (χ2n) is 6.98. The first kappa shape index (κ1) is 12.0. The molecule has 0 amide bonds. The van der Waals surface area contributed by atoms with Gasteiger partial charge >= 0.3 is 0 Å². The molecule has 2 saturated carbocycles. The number of rotatable bonds is 1. The van der Waals surface area contributed by atoms with Crippen molar-refractivity contribution in [3.05, 3.63) is 0 Å². The summed E-state index contributed by atoms with van der Waals surface area (Å²) in [6, 6.07) is 0.766. The highest BCUT2D eigenvalue weighted by molar-refractivity contribution is 4.92. The highest BCUT2D eigenvalue weighted by Gasteiger charge is 2.48. The van der Waals surface area contributed by atoms with E-state index in [2.05, 4.69) is 7.05 Å². The van der Waals surface area contributed by atoms with Crippen LogP contribution >= 0.6 is 0 Å². The second kappa shape index (κ2) is 4.55. The molecule has 0 aromatic heterocycles. The van der Waals surface area contributed by atoms with Crippen molar-refractivity contribution in [3.63, 3.8) is 0 Å². The minimum Gasteiger partial charge on any atom is -0.392 e. The number of hydrogen-bond acceptors (Lipinski definition) is 1. The van der Waals surface area contributed by atoms with Crippen LogP contribution in [0.25, 0.3) is 0 Å². The average Bonchev–Trinajstić information content (AvgIpc) is 2.29. The summed E-state index contributed by atoms with van der Waals surface area (Å²) in [6.07, 6.45) is 10.9. The largest absolute Gasteiger partial charge is 0.392 e. The highest BCUT2D eigenvalue weighted by atomic mass is 16.3. The lowest BCUT2D eigenvalue weighted by atomic mass is 9.66. The fourth-order valence-corrected chi connectivity index (χ4v) is 4.98. The molecule has 2 heteroatoms. The van der Waals surface area contributed by atoms with Gasteiger partial charge in [0.25, 0.3) is 0 Å². The van der Waals surface area contributed by atoms with Crippen molar-refractivity contribution in [2.45, 2.75) is 63.5 Å². The van der Waals surface area contributed by atoms with Crippen LogP contribution in [0.15, 0.2) is 0 Å². The molecule has 3 fully saturated rings. The summed E-state index contributed by atoms with van der Waals surface area (Å²) < 4.78 is 1.27. The number of hydrogen-bond donors (Lipinski definition) is 1. The summed E-state index contributed by atoms with van der Waals surface area (Å²) in [7, 11) is 2.46. The van der Waals surface area contributed by atoms with Gasteiger partial charge in [-0.2, -0.15) is 0 Å². The van der Waals surface area contributed by atoms with Gasteiger partial charge in [0.15, 0.2) is 0 Å². The van der Waals surface area contributed by atoms with Crippen molar-refractivity contribution in [3.8, 4) is 0 Å². The minimum absolute atomic E-state index is 0.0272. The van der Waals surface area contributed by atoms with Crippen molar-refractivity contribution in [1.82, 2.24) is 0 Å². The molecule has 0 radical (unpaired) electrons. The number of quaternary nitrogens is 1. The molecule has 3 unspecified atom stereocenters. The first-order valence-electron chi connectivity index (χ1n) is 7.73. The van der Waals surface area contributed by atoms with E-state index >= 15 is 0 Å². The first-order chi connectivity index (χ1) is 8.21. The standard InChI is InChI=1S/C15H28NO/c1-16(10-3-2-4-11-16)14-9-8-12-6-5-7-13(14)15(12)17/h12-15,17H,2-11H2,1H3/q+1/t12?,13?,14?,15-/m0/s1. The third kappa shape index (κ3) is 2.04. The summed E-state index contributed by atoms with van der Waals surface area (Å²) in [4.78, 5) is 0. The number of piperidine rings is 1. The van der Waals surface area contributed by atoms with Crippen molar-refractivity contribution < 1.29 is 9.59 Å². The van der Waals surface area contributed by atoms with Crippen molar-refractivity contribution in [2.24, 2.45) is 11.8 Å². The summed E-state index contributed by atoms with van der Waals surface area (Å²) in [5, 5.41) is 10.5. The van der Waals surface area contributed by atoms with Crippen LogP contribution in [0, 0.1) is 11.8 Å². The Labute approximate surface area is 106 Å². The normalized spacial score (nSPS) is 45.5. The second-order valence-corrected chi connectivity index (χ2v) is 6.98. The predicted molar refractivity (Wildman–Crippen MR) is 69.6 cm³/mol. The molecule has 17 heavy (non-hydrogen) atoms. The molecule has 1 heterocycles. The Balaban J connectivity index is 1.77. The van der Waals surface area contributed by atoms with Gasteiger partial charge < -0.3 is 9.59 Å². The van der Waals surface area contributed by atoms with E-state index in [1.807, 2.05) is 0 Å². The number of fused-ring (bicyclic) bond motifs is 2. The van der Waals surface area contributed by atoms with Crippen LogP contribution in [0.1, 0.15) is 51.4 Å². The Hall–Kier alpha value is -0.0800. The van der Waals surface area contributed by atoms with E-state index < -0.39 is 0 Å². The predicted octanol–water partition coefficient (Wildman–Crippen LogP) is 2.56. The van der Waals surface area contributed by atoms with E-state index in [0.717, 1.165) is 6.04 Å². The maximum atomic E-state index is 10.5. The molecule has 1 saturated heterocycles. The average molecular weight is 238 g/mol. The zero-order valence-electron chi connectivity index (χ0n) is 11.3. The fraction of sp³-hybridized carbons (Fsp3) is 1.00. The van der Waals surface area contributed by atoms with Crippen molar-refractivity contribution in [1.29, 1.82) is 0 Å². The van der Waals surface area contributed by atoms with E-state index in [1.54, 1.807) is 0 Å². The van der Waals surface area contributed by atoms with Gasteiger partial charge in [-0.1, -0.05) is 6.42 Å². The van der Waals surface area contributed by atoms with Gasteiger partial charge in [0.05, 0.1) is 32.3 Å². The molecule has 3 aliphatic rings. The molecule has 0 aromatic rings. The Morgan fingerprint density at radius 1 is 0.882 bits per heavy atom. The molecule has 1 aliphatic heterocycles. The summed E-state index contributed by atoms with van der Waals surface area (Å²) in [6.45, 7) is 2.72. The molecule has 2 nitrogen and oxygen atoms in total. The van der Waals surface area contributed by atoms with E-state index in [-0.39, 0.29) is 6.10 Å². The smallest absolute Gasteiger partial charge is 0.0941 e. The van der Waals surface area contributed by atoms with Gasteiger partial charge in [0.2, 0.25) is 0 Å². The topological polar surface area (TPSA) is 20.2 Å². The maximum absolute atomic E-state index is 10.5. The quantitative estimate of drug-likeness (QED) is 0.696. The van der Waals surface area contributed by atoms with Crippen LogP contribution in [-0.2, 0) is 0 Å². The summed E-state index contributed by atoms with van der Waals surface area (Å²) in [5.41, 5.74) is 0. The molecule has 98 valence electrons. The van der Waals surface area contributed by atoms with Gasteiger partial charge in [-0.05, 0) is 44.4 Å². The first-order valence-corrected chi connectivity index (χ1v) is 7.73. The lowest BCUT2D eigenvalue weighted by molar-refractivity contribution is -0.943. The number of likely N-dealkylation sites (tertiary alicyclic amines) is 1. The lowest BCUT2D eigenvalue weighted by Gasteiger charge is -2.53. The number of nitrogens with zero attached hydrogens (tertiary/aromatic N) is 1. The van der Waals surface area contributed by atoms with Crippen LogP contribution in [0.2, 0.25) is 0 Å². The number of aliphatic hydroxyl groups excluding tert-OH is 1. The summed E-state index contributed by atoms with van der Waals surface area (Å²) >= 11 is 0. The molecule has 0 spiro atoms. The minimum atomic E-state index is 0.0272. The van der Waals surface area contributed by atoms with Crippen LogP contribution in [0.3, 0.4) is 0 Å². The monoisotopic (exact) mass is 238 g/mol. The van der Waals surface area contributed by atoms with E-state index in [1.165, 1.54) is 68.9 Å². The molecular formula is C15H28NO+. The van der Waals surface area contributed by atoms with Crippen LogP contribution < -0.4 is 0 Å². The van der Waals surface area contributed by atoms with E-state index in [9.17, 15) is 5.11 Å². The Bertz CT molecular complexity index is 272. The van der Waals surface area contributed by atoms with E-state index in [4.69, 9.17) is 0 Å². The van der Waals surface area contributed by atoms with Gasteiger partial charge in [-0.3, -0.25) is 0 Å². The SMILES string of the molecule is C[N+]1(C2CCC3CCCC2[C@H]3O)CCCCC1. The van der Waals surface area contributed by atoms with Crippen molar-refractivity contribution >= 4 is 0 Å². The molecule has 2 aliphatic carbocycles. The van der Waals surface area contributed by atoms with Gasteiger partial charge in [0.1, 0.15) is 0 Å². The zero-order valence-corrected chi connectivity index (χ0v) is 11.3. The third-order valence-electron chi connectivity index (χ3n) is 6.00.